The summed E-state index contributed by atoms with van der Waals surface area (Å²) in [6, 6.07) is 10.1. The van der Waals surface area contributed by atoms with Gasteiger partial charge in [0.1, 0.15) is 5.82 Å². The molecule has 0 spiro atoms. The summed E-state index contributed by atoms with van der Waals surface area (Å²) in [6.07, 6.45) is 1.91. The monoisotopic (exact) mass is 491 g/mol. The summed E-state index contributed by atoms with van der Waals surface area (Å²) in [5.41, 5.74) is 1.38. The fourth-order valence-corrected chi connectivity index (χ4v) is 4.60. The van der Waals surface area contributed by atoms with Crippen molar-refractivity contribution in [2.75, 3.05) is 32.1 Å². The average molecular weight is 492 g/mol. The summed E-state index contributed by atoms with van der Waals surface area (Å²) in [4.78, 5) is 27.6. The Balaban J connectivity index is 1.78. The lowest BCUT2D eigenvalue weighted by Crippen LogP contribution is -2.36. The Kier molecular flexibility index (Phi) is 8.27. The van der Waals surface area contributed by atoms with Crippen LogP contribution in [0, 0.1) is 5.82 Å². The lowest BCUT2D eigenvalue weighted by Gasteiger charge is -2.30. The summed E-state index contributed by atoms with van der Waals surface area (Å²) in [5.74, 6) is -1.67. The highest BCUT2D eigenvalue weighted by Crippen LogP contribution is 2.28. The topological polar surface area (TPSA) is 96.0 Å². The summed E-state index contributed by atoms with van der Waals surface area (Å²) in [6.45, 7) is 3.08. The van der Waals surface area contributed by atoms with Gasteiger partial charge >= 0.3 is 5.97 Å². The zero-order valence-corrected chi connectivity index (χ0v) is 20.4. The molecule has 2 aromatic rings. The second kappa shape index (κ2) is 11.0. The predicted octanol–water partition coefficient (Wildman–Crippen LogP) is 2.93. The van der Waals surface area contributed by atoms with Crippen molar-refractivity contribution in [2.24, 2.45) is 0 Å². The maximum Gasteiger partial charge on any atom is 0.341 e. The van der Waals surface area contributed by atoms with Gasteiger partial charge in [-0.05, 0) is 62.1 Å². The fourth-order valence-electron chi connectivity index (χ4n) is 3.67. The Labute approximate surface area is 199 Å². The molecule has 0 bridgehead atoms. The molecule has 1 unspecified atom stereocenters. The van der Waals surface area contributed by atoms with Crippen molar-refractivity contribution in [1.29, 1.82) is 0 Å². The van der Waals surface area contributed by atoms with E-state index >= 15 is 0 Å². The molecule has 1 aliphatic rings. The first kappa shape index (κ1) is 25.6. The third kappa shape index (κ3) is 6.12. The second-order valence-electron chi connectivity index (χ2n) is 8.41. The summed E-state index contributed by atoms with van der Waals surface area (Å²) in [5, 5.41) is 2.65. The molecule has 34 heavy (non-hydrogen) atoms. The first-order valence-corrected chi connectivity index (χ1v) is 12.6. The molecule has 3 rings (SSSR count). The molecule has 8 nitrogen and oxygen atoms in total. The lowest BCUT2D eigenvalue weighted by atomic mass is 10.1. The van der Waals surface area contributed by atoms with Gasteiger partial charge in [0.15, 0.2) is 6.10 Å². The Morgan fingerprint density at radius 1 is 1.09 bits per heavy atom. The third-order valence-electron chi connectivity index (χ3n) is 5.70. The number of carbonyl (C=O) groups is 2. The number of benzene rings is 2. The molecule has 1 heterocycles. The number of anilines is 1. The number of hydrogen-bond donors (Lipinski definition) is 1. The zero-order valence-electron chi connectivity index (χ0n) is 19.6. The van der Waals surface area contributed by atoms with Crippen molar-refractivity contribution in [3.63, 3.8) is 0 Å². The number of ether oxygens (including phenoxy) is 1. The van der Waals surface area contributed by atoms with E-state index in [-0.39, 0.29) is 22.8 Å². The van der Waals surface area contributed by atoms with Gasteiger partial charge in [0.25, 0.3) is 5.91 Å². The van der Waals surface area contributed by atoms with E-state index in [0.29, 0.717) is 11.3 Å². The van der Waals surface area contributed by atoms with Gasteiger partial charge in [-0.3, -0.25) is 4.79 Å². The minimum atomic E-state index is -3.77. The average Bonchev–Trinajstić information content (AvgIpc) is 2.83. The van der Waals surface area contributed by atoms with Crippen LogP contribution in [-0.2, 0) is 26.1 Å². The molecule has 1 N–H and O–H groups in total. The number of nitrogens with zero attached hydrogens (tertiary/aromatic N) is 2. The van der Waals surface area contributed by atoms with Crippen LogP contribution in [-0.4, -0.2) is 57.9 Å². The number of piperidine rings is 1. The van der Waals surface area contributed by atoms with Crippen LogP contribution in [0.5, 0.6) is 0 Å². The van der Waals surface area contributed by atoms with Crippen molar-refractivity contribution in [3.8, 4) is 0 Å². The first-order chi connectivity index (χ1) is 16.1. The Hall–Kier alpha value is -2.98. The van der Waals surface area contributed by atoms with E-state index in [2.05, 4.69) is 5.32 Å². The molecular formula is C24H30FN3O5S. The molecule has 10 heteroatoms. The normalized spacial score (nSPS) is 15.1. The number of rotatable bonds is 8. The minimum absolute atomic E-state index is 0.0291. The van der Waals surface area contributed by atoms with Crippen LogP contribution >= 0.6 is 0 Å². The molecular weight excluding hydrogens is 461 g/mol. The van der Waals surface area contributed by atoms with E-state index in [1.54, 1.807) is 18.2 Å². The first-order valence-electron chi connectivity index (χ1n) is 11.1. The number of carbonyl (C=O) groups excluding carboxylic acids is 2. The number of nitrogens with one attached hydrogen (secondary N) is 1. The van der Waals surface area contributed by atoms with Gasteiger partial charge in [0.05, 0.1) is 16.1 Å². The SMILES string of the molecule is CC(OC(=O)c1cc(S(=O)(=O)N(C)C)ccc1N1CCCCC1)C(=O)NCc1ccc(F)cc1. The molecule has 1 atom stereocenters. The van der Waals surface area contributed by atoms with Gasteiger partial charge in [0, 0.05) is 33.7 Å². The highest BCUT2D eigenvalue weighted by molar-refractivity contribution is 7.89. The molecule has 1 aliphatic heterocycles. The highest BCUT2D eigenvalue weighted by Gasteiger charge is 2.27. The van der Waals surface area contributed by atoms with Crippen LogP contribution in [0.15, 0.2) is 47.4 Å². The molecule has 184 valence electrons. The Bertz CT molecular complexity index is 1130. The van der Waals surface area contributed by atoms with Crippen molar-refractivity contribution in [1.82, 2.24) is 9.62 Å². The van der Waals surface area contributed by atoms with E-state index in [4.69, 9.17) is 4.74 Å². The van der Waals surface area contributed by atoms with Gasteiger partial charge in [-0.25, -0.2) is 21.9 Å². The Morgan fingerprint density at radius 2 is 1.74 bits per heavy atom. The molecule has 0 aromatic heterocycles. The van der Waals surface area contributed by atoms with Crippen LogP contribution in [0.2, 0.25) is 0 Å². The standard InChI is InChI=1S/C24H30FN3O5S/c1-17(23(29)26-16-18-7-9-19(25)10-8-18)33-24(30)21-15-20(34(31,32)27(2)3)11-12-22(21)28-13-5-4-6-14-28/h7-12,15,17H,4-6,13-14,16H2,1-3H3,(H,26,29). The zero-order chi connectivity index (χ0) is 24.9. The van der Waals surface area contributed by atoms with Crippen molar-refractivity contribution in [2.45, 2.75) is 43.7 Å². The molecule has 0 saturated carbocycles. The predicted molar refractivity (Wildman–Crippen MR) is 127 cm³/mol. The van der Waals surface area contributed by atoms with Crippen molar-refractivity contribution in [3.05, 3.63) is 59.4 Å². The summed E-state index contributed by atoms with van der Waals surface area (Å²) in [7, 11) is -0.934. The number of esters is 1. The maximum atomic E-state index is 13.1. The molecule has 0 aliphatic carbocycles. The van der Waals surface area contributed by atoms with Gasteiger partial charge < -0.3 is 15.0 Å². The van der Waals surface area contributed by atoms with Gasteiger partial charge in [-0.2, -0.15) is 0 Å². The van der Waals surface area contributed by atoms with Gasteiger partial charge in [-0.1, -0.05) is 12.1 Å². The molecule has 2 aromatic carbocycles. The quantitative estimate of drug-likeness (QED) is 0.571. The van der Waals surface area contributed by atoms with Crippen LogP contribution in [0.25, 0.3) is 0 Å². The largest absolute Gasteiger partial charge is 0.449 e. The third-order valence-corrected chi connectivity index (χ3v) is 7.51. The molecule has 1 fully saturated rings. The Morgan fingerprint density at radius 3 is 2.35 bits per heavy atom. The van der Waals surface area contributed by atoms with E-state index in [9.17, 15) is 22.4 Å². The van der Waals surface area contributed by atoms with Crippen LogP contribution < -0.4 is 10.2 Å². The summed E-state index contributed by atoms with van der Waals surface area (Å²) < 4.78 is 44.8. The molecule has 0 radical (unpaired) electrons. The van der Waals surface area contributed by atoms with Crippen LogP contribution in [0.1, 0.15) is 42.1 Å². The molecule has 1 saturated heterocycles. The maximum absolute atomic E-state index is 13.1. The number of hydrogen-bond acceptors (Lipinski definition) is 6. The van der Waals surface area contributed by atoms with Crippen molar-refractivity contribution >= 4 is 27.6 Å². The number of halogens is 1. The van der Waals surface area contributed by atoms with Crippen molar-refractivity contribution < 1.29 is 27.1 Å². The second-order valence-corrected chi connectivity index (χ2v) is 10.6. The van der Waals surface area contributed by atoms with Crippen LogP contribution in [0.3, 0.4) is 0 Å². The van der Waals surface area contributed by atoms with Gasteiger partial charge in [0.2, 0.25) is 10.0 Å². The van der Waals surface area contributed by atoms with Crippen LogP contribution in [0.4, 0.5) is 10.1 Å². The van der Waals surface area contributed by atoms with E-state index in [1.165, 1.54) is 45.3 Å². The lowest BCUT2D eigenvalue weighted by molar-refractivity contribution is -0.129. The number of amides is 1. The smallest absolute Gasteiger partial charge is 0.341 e. The summed E-state index contributed by atoms with van der Waals surface area (Å²) >= 11 is 0. The van der Waals surface area contributed by atoms with E-state index < -0.39 is 28.0 Å². The highest BCUT2D eigenvalue weighted by atomic mass is 32.2. The van der Waals surface area contributed by atoms with E-state index in [1.807, 2.05) is 4.90 Å². The van der Waals surface area contributed by atoms with E-state index in [0.717, 1.165) is 36.7 Å². The molecule has 1 amide bonds. The number of sulfonamides is 1. The fraction of sp³-hybridized carbons (Fsp3) is 0.417. The minimum Gasteiger partial charge on any atom is -0.449 e. The van der Waals surface area contributed by atoms with Gasteiger partial charge in [-0.15, -0.1) is 0 Å².